The van der Waals surface area contributed by atoms with E-state index in [4.69, 9.17) is 5.73 Å². The van der Waals surface area contributed by atoms with Crippen molar-refractivity contribution < 1.29 is 0 Å². The number of hydrogen-bond donors (Lipinski definition) is 2. The first-order chi connectivity index (χ1) is 10.3. The Morgan fingerprint density at radius 3 is 2.48 bits per heavy atom. The Kier molecular flexibility index (Phi) is 4.23. The topological polar surface area (TPSA) is 38.0 Å². The molecule has 2 nitrogen and oxygen atoms in total. The van der Waals surface area contributed by atoms with E-state index in [9.17, 15) is 0 Å². The van der Waals surface area contributed by atoms with Crippen LogP contribution in [0.1, 0.15) is 11.6 Å². The SMILES string of the molecule is NCC(Nc1cccc(Br)c1)c1ccc2ccccc2c1. The van der Waals surface area contributed by atoms with Gasteiger partial charge in [0.05, 0.1) is 6.04 Å². The molecule has 3 heteroatoms. The maximum Gasteiger partial charge on any atom is 0.0636 e. The summed E-state index contributed by atoms with van der Waals surface area (Å²) in [6.07, 6.45) is 0. The van der Waals surface area contributed by atoms with Crippen molar-refractivity contribution in [2.45, 2.75) is 6.04 Å². The molecule has 3 N–H and O–H groups in total. The third kappa shape index (κ3) is 3.26. The molecule has 1 unspecified atom stereocenters. The summed E-state index contributed by atoms with van der Waals surface area (Å²) in [6.45, 7) is 0.546. The molecule has 0 aromatic heterocycles. The third-order valence-corrected chi connectivity index (χ3v) is 4.07. The maximum atomic E-state index is 5.96. The van der Waals surface area contributed by atoms with Gasteiger partial charge < -0.3 is 11.1 Å². The van der Waals surface area contributed by atoms with Crippen molar-refractivity contribution in [2.75, 3.05) is 11.9 Å². The highest BCUT2D eigenvalue weighted by Gasteiger charge is 2.10. The summed E-state index contributed by atoms with van der Waals surface area (Å²) in [5.74, 6) is 0. The quantitative estimate of drug-likeness (QED) is 0.721. The van der Waals surface area contributed by atoms with Gasteiger partial charge in [0.15, 0.2) is 0 Å². The van der Waals surface area contributed by atoms with E-state index in [2.05, 4.69) is 75.8 Å². The second kappa shape index (κ2) is 6.29. The maximum absolute atomic E-state index is 5.96. The molecule has 0 bridgehead atoms. The fourth-order valence-electron chi connectivity index (χ4n) is 2.48. The predicted molar refractivity (Wildman–Crippen MR) is 93.5 cm³/mol. The summed E-state index contributed by atoms with van der Waals surface area (Å²) in [5.41, 5.74) is 8.23. The fraction of sp³-hybridized carbons (Fsp3) is 0.111. The van der Waals surface area contributed by atoms with E-state index < -0.39 is 0 Å². The normalized spacial score (nSPS) is 12.3. The number of hydrogen-bond acceptors (Lipinski definition) is 2. The zero-order valence-corrected chi connectivity index (χ0v) is 13.2. The lowest BCUT2D eigenvalue weighted by Gasteiger charge is -2.19. The zero-order chi connectivity index (χ0) is 14.7. The van der Waals surface area contributed by atoms with Crippen LogP contribution < -0.4 is 11.1 Å². The van der Waals surface area contributed by atoms with E-state index in [0.717, 1.165) is 10.2 Å². The molecule has 0 heterocycles. The molecule has 0 saturated heterocycles. The first kappa shape index (κ1) is 14.1. The Bertz CT molecular complexity index is 755. The number of anilines is 1. The summed E-state index contributed by atoms with van der Waals surface area (Å²) in [4.78, 5) is 0. The minimum atomic E-state index is 0.101. The highest BCUT2D eigenvalue weighted by atomic mass is 79.9. The van der Waals surface area contributed by atoms with Gasteiger partial charge in [-0.2, -0.15) is 0 Å². The van der Waals surface area contributed by atoms with Crippen LogP contribution in [0, 0.1) is 0 Å². The molecule has 21 heavy (non-hydrogen) atoms. The second-order valence-electron chi connectivity index (χ2n) is 5.05. The van der Waals surface area contributed by atoms with Gasteiger partial charge in [0.25, 0.3) is 0 Å². The molecule has 0 fully saturated rings. The standard InChI is InChI=1S/C18H17BrN2/c19-16-6-3-7-17(11-16)21-18(12-20)15-9-8-13-4-1-2-5-14(13)10-15/h1-11,18,21H,12,20H2. The summed E-state index contributed by atoms with van der Waals surface area (Å²) >= 11 is 3.49. The van der Waals surface area contributed by atoms with E-state index in [0.29, 0.717) is 6.54 Å². The number of nitrogens with one attached hydrogen (secondary N) is 1. The van der Waals surface area contributed by atoms with Crippen molar-refractivity contribution in [3.63, 3.8) is 0 Å². The van der Waals surface area contributed by atoms with Gasteiger partial charge >= 0.3 is 0 Å². The first-order valence-corrected chi connectivity index (χ1v) is 7.76. The summed E-state index contributed by atoms with van der Waals surface area (Å²) in [5, 5.41) is 5.99. The summed E-state index contributed by atoms with van der Waals surface area (Å²) in [7, 11) is 0. The Morgan fingerprint density at radius 2 is 1.71 bits per heavy atom. The van der Waals surface area contributed by atoms with Crippen molar-refractivity contribution in [3.8, 4) is 0 Å². The van der Waals surface area contributed by atoms with Gasteiger partial charge in [0.2, 0.25) is 0 Å². The van der Waals surface area contributed by atoms with Gasteiger partial charge in [-0.15, -0.1) is 0 Å². The Balaban J connectivity index is 1.90. The van der Waals surface area contributed by atoms with Gasteiger partial charge in [-0.1, -0.05) is 58.4 Å². The lowest BCUT2D eigenvalue weighted by Crippen LogP contribution is -2.20. The Hall–Kier alpha value is -1.84. The van der Waals surface area contributed by atoms with Crippen LogP contribution in [0.3, 0.4) is 0 Å². The molecule has 1 atom stereocenters. The molecule has 0 aliphatic carbocycles. The minimum Gasteiger partial charge on any atom is -0.377 e. The summed E-state index contributed by atoms with van der Waals surface area (Å²) < 4.78 is 1.06. The smallest absolute Gasteiger partial charge is 0.0636 e. The molecule has 3 aromatic rings. The molecule has 0 spiro atoms. The Morgan fingerprint density at radius 1 is 0.905 bits per heavy atom. The highest BCUT2D eigenvalue weighted by Crippen LogP contribution is 2.24. The number of nitrogens with two attached hydrogens (primary N) is 1. The fourth-order valence-corrected chi connectivity index (χ4v) is 2.88. The van der Waals surface area contributed by atoms with Crippen LogP contribution in [-0.2, 0) is 0 Å². The first-order valence-electron chi connectivity index (χ1n) is 6.97. The molecular formula is C18H17BrN2. The molecule has 3 rings (SSSR count). The van der Waals surface area contributed by atoms with Crippen LogP contribution >= 0.6 is 15.9 Å². The highest BCUT2D eigenvalue weighted by molar-refractivity contribution is 9.10. The second-order valence-corrected chi connectivity index (χ2v) is 5.97. The zero-order valence-electron chi connectivity index (χ0n) is 11.6. The van der Waals surface area contributed by atoms with Gasteiger partial charge in [-0.3, -0.25) is 0 Å². The lowest BCUT2D eigenvalue weighted by atomic mass is 10.0. The van der Waals surface area contributed by atoms with Crippen molar-refractivity contribution in [1.82, 2.24) is 0 Å². The van der Waals surface area contributed by atoms with Gasteiger partial charge in [0, 0.05) is 16.7 Å². The monoisotopic (exact) mass is 340 g/mol. The number of rotatable bonds is 4. The average Bonchev–Trinajstić information content (AvgIpc) is 2.52. The van der Waals surface area contributed by atoms with Crippen molar-refractivity contribution in [1.29, 1.82) is 0 Å². The van der Waals surface area contributed by atoms with Crippen LogP contribution in [0.15, 0.2) is 71.2 Å². The van der Waals surface area contributed by atoms with E-state index in [-0.39, 0.29) is 6.04 Å². The van der Waals surface area contributed by atoms with E-state index in [1.165, 1.54) is 16.3 Å². The molecule has 0 saturated carbocycles. The number of fused-ring (bicyclic) bond motifs is 1. The number of halogens is 1. The molecule has 106 valence electrons. The largest absolute Gasteiger partial charge is 0.377 e. The van der Waals surface area contributed by atoms with Crippen LogP contribution in [0.25, 0.3) is 10.8 Å². The van der Waals surface area contributed by atoms with Crippen LogP contribution in [0.5, 0.6) is 0 Å². The molecule has 0 aliphatic heterocycles. The van der Waals surface area contributed by atoms with Crippen molar-refractivity contribution >= 4 is 32.4 Å². The van der Waals surface area contributed by atoms with Crippen LogP contribution in [-0.4, -0.2) is 6.54 Å². The number of benzene rings is 3. The van der Waals surface area contributed by atoms with E-state index in [1.807, 2.05) is 12.1 Å². The molecule has 3 aromatic carbocycles. The van der Waals surface area contributed by atoms with Crippen molar-refractivity contribution in [2.24, 2.45) is 5.73 Å². The minimum absolute atomic E-state index is 0.101. The molecule has 0 aliphatic rings. The Labute approximate surface area is 133 Å². The van der Waals surface area contributed by atoms with Crippen LogP contribution in [0.2, 0.25) is 0 Å². The summed E-state index contributed by atoms with van der Waals surface area (Å²) in [6, 6.07) is 23.1. The molecule has 0 radical (unpaired) electrons. The lowest BCUT2D eigenvalue weighted by molar-refractivity contribution is 0.791. The van der Waals surface area contributed by atoms with Gasteiger partial charge in [-0.25, -0.2) is 0 Å². The van der Waals surface area contributed by atoms with Gasteiger partial charge in [-0.05, 0) is 40.6 Å². The third-order valence-electron chi connectivity index (χ3n) is 3.58. The molecular weight excluding hydrogens is 324 g/mol. The van der Waals surface area contributed by atoms with Gasteiger partial charge in [0.1, 0.15) is 0 Å². The van der Waals surface area contributed by atoms with Crippen LogP contribution in [0.4, 0.5) is 5.69 Å². The average molecular weight is 341 g/mol. The van der Waals surface area contributed by atoms with Crippen molar-refractivity contribution in [3.05, 3.63) is 76.8 Å². The van der Waals surface area contributed by atoms with E-state index in [1.54, 1.807) is 0 Å². The van der Waals surface area contributed by atoms with E-state index >= 15 is 0 Å². The predicted octanol–water partition coefficient (Wildman–Crippen LogP) is 4.71. The molecule has 0 amide bonds.